The van der Waals surface area contributed by atoms with E-state index in [9.17, 15) is 9.59 Å². The summed E-state index contributed by atoms with van der Waals surface area (Å²) in [5.41, 5.74) is 1.03. The fraction of sp³-hybridized carbons (Fsp3) is 0.579. The topological polar surface area (TPSA) is 58.2 Å². The third-order valence-corrected chi connectivity index (χ3v) is 5.50. The Balaban J connectivity index is 1.68. The molecule has 132 valence electrons. The molecule has 2 amide bonds. The van der Waals surface area contributed by atoms with Crippen molar-refractivity contribution in [3.8, 4) is 0 Å². The first-order valence-electron chi connectivity index (χ1n) is 8.76. The van der Waals surface area contributed by atoms with Gasteiger partial charge in [-0.3, -0.25) is 9.59 Å². The first-order chi connectivity index (χ1) is 11.5. The molecule has 1 saturated carbocycles. The summed E-state index contributed by atoms with van der Waals surface area (Å²) in [5, 5.41) is 5.97. The van der Waals surface area contributed by atoms with E-state index >= 15 is 0 Å². The molecule has 0 bridgehead atoms. The minimum absolute atomic E-state index is 0.0152. The molecule has 1 aromatic carbocycles. The SMILES string of the molecule is C[C@@H]1[C@H](C)CCC[C@H]1NC(=O)CCC(=O)NCc1cccc(Br)c1. The average Bonchev–Trinajstić information content (AvgIpc) is 2.55. The minimum atomic E-state index is -0.0878. The second kappa shape index (κ2) is 9.21. The van der Waals surface area contributed by atoms with E-state index in [2.05, 4.69) is 40.4 Å². The maximum atomic E-state index is 12.1. The Bertz CT molecular complexity index is 576. The van der Waals surface area contributed by atoms with Crippen LogP contribution in [0.4, 0.5) is 0 Å². The highest BCUT2D eigenvalue weighted by molar-refractivity contribution is 9.10. The van der Waals surface area contributed by atoms with Crippen LogP contribution >= 0.6 is 15.9 Å². The van der Waals surface area contributed by atoms with Crippen molar-refractivity contribution in [2.75, 3.05) is 0 Å². The molecule has 5 heteroatoms. The molecule has 0 saturated heterocycles. The summed E-state index contributed by atoms with van der Waals surface area (Å²) < 4.78 is 0.990. The molecule has 0 radical (unpaired) electrons. The number of halogens is 1. The number of benzene rings is 1. The van der Waals surface area contributed by atoms with Crippen molar-refractivity contribution in [3.63, 3.8) is 0 Å². The molecule has 0 spiro atoms. The van der Waals surface area contributed by atoms with Crippen molar-refractivity contribution in [1.29, 1.82) is 0 Å². The summed E-state index contributed by atoms with van der Waals surface area (Å²) >= 11 is 3.41. The Morgan fingerprint density at radius 1 is 1.17 bits per heavy atom. The lowest BCUT2D eigenvalue weighted by Gasteiger charge is -2.34. The van der Waals surface area contributed by atoms with Crippen LogP contribution in [0, 0.1) is 11.8 Å². The number of hydrogen-bond acceptors (Lipinski definition) is 2. The molecular weight excluding hydrogens is 368 g/mol. The van der Waals surface area contributed by atoms with Crippen molar-refractivity contribution in [2.45, 2.75) is 58.5 Å². The van der Waals surface area contributed by atoms with Crippen molar-refractivity contribution in [2.24, 2.45) is 11.8 Å². The zero-order valence-electron chi connectivity index (χ0n) is 14.5. The first kappa shape index (κ1) is 19.0. The van der Waals surface area contributed by atoms with Crippen LogP contribution in [-0.2, 0) is 16.1 Å². The summed E-state index contributed by atoms with van der Waals surface area (Å²) in [7, 11) is 0. The molecule has 24 heavy (non-hydrogen) atoms. The highest BCUT2D eigenvalue weighted by Gasteiger charge is 2.28. The Morgan fingerprint density at radius 2 is 1.92 bits per heavy atom. The van der Waals surface area contributed by atoms with E-state index in [0.29, 0.717) is 18.4 Å². The van der Waals surface area contributed by atoms with E-state index < -0.39 is 0 Å². The summed E-state index contributed by atoms with van der Waals surface area (Å²) in [4.78, 5) is 24.0. The zero-order chi connectivity index (χ0) is 17.5. The van der Waals surface area contributed by atoms with Gasteiger partial charge < -0.3 is 10.6 Å². The van der Waals surface area contributed by atoms with Gasteiger partial charge in [0.05, 0.1) is 0 Å². The largest absolute Gasteiger partial charge is 0.353 e. The maximum Gasteiger partial charge on any atom is 0.220 e. The van der Waals surface area contributed by atoms with Gasteiger partial charge in [-0.05, 0) is 36.0 Å². The van der Waals surface area contributed by atoms with E-state index in [4.69, 9.17) is 0 Å². The highest BCUT2D eigenvalue weighted by Crippen LogP contribution is 2.29. The summed E-state index contributed by atoms with van der Waals surface area (Å²) in [5.74, 6) is 1.05. The quantitative estimate of drug-likeness (QED) is 0.770. The van der Waals surface area contributed by atoms with Crippen LogP contribution in [0.15, 0.2) is 28.7 Å². The molecule has 1 fully saturated rings. The third kappa shape index (κ3) is 5.93. The van der Waals surface area contributed by atoms with Crippen LogP contribution in [-0.4, -0.2) is 17.9 Å². The lowest BCUT2D eigenvalue weighted by molar-refractivity contribution is -0.127. The predicted octanol–water partition coefficient (Wildman–Crippen LogP) is 3.79. The second-order valence-electron chi connectivity index (χ2n) is 6.85. The smallest absolute Gasteiger partial charge is 0.220 e. The molecule has 0 heterocycles. The van der Waals surface area contributed by atoms with Gasteiger partial charge >= 0.3 is 0 Å². The fourth-order valence-electron chi connectivity index (χ4n) is 3.23. The number of amides is 2. The number of nitrogens with one attached hydrogen (secondary N) is 2. The number of hydrogen-bond donors (Lipinski definition) is 2. The Labute approximate surface area is 152 Å². The van der Waals surface area contributed by atoms with Crippen LogP contribution in [0.25, 0.3) is 0 Å². The summed E-state index contributed by atoms with van der Waals surface area (Å²) in [6, 6.07) is 8.07. The predicted molar refractivity (Wildman–Crippen MR) is 99.3 cm³/mol. The molecule has 0 aliphatic heterocycles. The number of rotatable bonds is 6. The third-order valence-electron chi connectivity index (χ3n) is 5.01. The van der Waals surface area contributed by atoms with Gasteiger partial charge in [0.15, 0.2) is 0 Å². The molecule has 2 N–H and O–H groups in total. The molecule has 0 unspecified atom stereocenters. The van der Waals surface area contributed by atoms with Gasteiger partial charge in [0, 0.05) is 29.9 Å². The van der Waals surface area contributed by atoms with Gasteiger partial charge in [-0.25, -0.2) is 0 Å². The van der Waals surface area contributed by atoms with Gasteiger partial charge in [0.2, 0.25) is 11.8 Å². The van der Waals surface area contributed by atoms with E-state index in [-0.39, 0.29) is 30.7 Å². The Hall–Kier alpha value is -1.36. The van der Waals surface area contributed by atoms with Crippen LogP contribution in [0.3, 0.4) is 0 Å². The van der Waals surface area contributed by atoms with E-state index in [1.165, 1.54) is 12.8 Å². The monoisotopic (exact) mass is 394 g/mol. The lowest BCUT2D eigenvalue weighted by atomic mass is 9.78. The van der Waals surface area contributed by atoms with Crippen LogP contribution in [0.5, 0.6) is 0 Å². The van der Waals surface area contributed by atoms with Gasteiger partial charge in [0.1, 0.15) is 0 Å². The lowest BCUT2D eigenvalue weighted by Crippen LogP contribution is -2.43. The van der Waals surface area contributed by atoms with Gasteiger partial charge in [0.25, 0.3) is 0 Å². The Morgan fingerprint density at radius 3 is 2.67 bits per heavy atom. The standard InChI is InChI=1S/C19H27BrN2O2/c1-13-5-3-8-17(14(13)2)22-19(24)10-9-18(23)21-12-15-6-4-7-16(20)11-15/h4,6-7,11,13-14,17H,3,5,8-10,12H2,1-2H3,(H,21,23)(H,22,24)/t13-,14-,17-/m1/s1. The summed E-state index contributed by atoms with van der Waals surface area (Å²) in [6.45, 7) is 4.94. The van der Waals surface area contributed by atoms with Crippen molar-refractivity contribution < 1.29 is 9.59 Å². The zero-order valence-corrected chi connectivity index (χ0v) is 16.1. The normalized spacial score (nSPS) is 23.5. The number of carbonyl (C=O) groups is 2. The molecule has 1 aromatic rings. The Kier molecular flexibility index (Phi) is 7.28. The molecule has 4 nitrogen and oxygen atoms in total. The van der Waals surface area contributed by atoms with Crippen LogP contribution < -0.4 is 10.6 Å². The van der Waals surface area contributed by atoms with Crippen molar-refractivity contribution >= 4 is 27.7 Å². The van der Waals surface area contributed by atoms with E-state index in [0.717, 1.165) is 16.5 Å². The molecular formula is C19H27BrN2O2. The maximum absolute atomic E-state index is 12.1. The first-order valence-corrected chi connectivity index (χ1v) is 9.55. The van der Waals surface area contributed by atoms with Crippen molar-refractivity contribution in [3.05, 3.63) is 34.3 Å². The van der Waals surface area contributed by atoms with Gasteiger partial charge in [-0.2, -0.15) is 0 Å². The van der Waals surface area contributed by atoms with Crippen molar-refractivity contribution in [1.82, 2.24) is 10.6 Å². The van der Waals surface area contributed by atoms with Crippen LogP contribution in [0.1, 0.15) is 51.5 Å². The molecule has 3 atom stereocenters. The van der Waals surface area contributed by atoms with Gasteiger partial charge in [-0.1, -0.05) is 54.8 Å². The average molecular weight is 395 g/mol. The fourth-order valence-corrected chi connectivity index (χ4v) is 3.67. The number of carbonyl (C=O) groups excluding carboxylic acids is 2. The molecule has 2 rings (SSSR count). The minimum Gasteiger partial charge on any atom is -0.353 e. The second-order valence-corrected chi connectivity index (χ2v) is 7.76. The molecule has 1 aliphatic rings. The van der Waals surface area contributed by atoms with Gasteiger partial charge in [-0.15, -0.1) is 0 Å². The molecule has 1 aliphatic carbocycles. The van der Waals surface area contributed by atoms with E-state index in [1.54, 1.807) is 0 Å². The highest BCUT2D eigenvalue weighted by atomic mass is 79.9. The molecule has 0 aromatic heterocycles. The summed E-state index contributed by atoms with van der Waals surface area (Å²) in [6.07, 6.45) is 3.94. The van der Waals surface area contributed by atoms with Crippen LogP contribution in [0.2, 0.25) is 0 Å². The van der Waals surface area contributed by atoms with E-state index in [1.807, 2.05) is 24.3 Å².